The normalized spacial score (nSPS) is 18.6. The molecule has 2 fully saturated rings. The summed E-state index contributed by atoms with van der Waals surface area (Å²) in [6.45, 7) is 11.0. The molecule has 4 rings (SSSR count). The molecule has 0 aromatic carbocycles. The van der Waals surface area contributed by atoms with Gasteiger partial charge in [-0.15, -0.1) is 0 Å². The molecule has 0 aliphatic carbocycles. The highest BCUT2D eigenvalue weighted by Gasteiger charge is 2.25. The van der Waals surface area contributed by atoms with E-state index in [1.54, 1.807) is 6.33 Å². The van der Waals surface area contributed by atoms with Crippen LogP contribution in [0.15, 0.2) is 6.33 Å². The van der Waals surface area contributed by atoms with E-state index >= 15 is 0 Å². The first-order valence-electron chi connectivity index (χ1n) is 10.0. The molecular formula is C18H28N8OS. The monoisotopic (exact) mass is 404 g/mol. The molecule has 0 atom stereocenters. The Hall–Kier alpha value is -2.07. The van der Waals surface area contributed by atoms with Crippen LogP contribution in [0, 0.1) is 0 Å². The second kappa shape index (κ2) is 8.52. The van der Waals surface area contributed by atoms with Gasteiger partial charge in [0.2, 0.25) is 5.95 Å². The molecule has 0 radical (unpaired) electrons. The van der Waals surface area contributed by atoms with Crippen LogP contribution in [0.1, 0.15) is 13.8 Å². The maximum atomic E-state index is 11.8. The van der Waals surface area contributed by atoms with Crippen LogP contribution >= 0.6 is 0 Å². The lowest BCUT2D eigenvalue weighted by Gasteiger charge is -2.31. The highest BCUT2D eigenvalue weighted by atomic mass is 32.2. The molecule has 10 heteroatoms. The van der Waals surface area contributed by atoms with Gasteiger partial charge >= 0.3 is 0 Å². The fourth-order valence-electron chi connectivity index (χ4n) is 3.74. The summed E-state index contributed by atoms with van der Waals surface area (Å²) in [7, 11) is -0.737. The minimum atomic E-state index is -0.737. The van der Waals surface area contributed by atoms with E-state index in [1.165, 1.54) is 0 Å². The van der Waals surface area contributed by atoms with E-state index < -0.39 is 10.8 Å². The smallest absolute Gasteiger partial charge is 0.228 e. The van der Waals surface area contributed by atoms with E-state index in [4.69, 9.17) is 9.97 Å². The summed E-state index contributed by atoms with van der Waals surface area (Å²) in [6, 6.07) is 0. The van der Waals surface area contributed by atoms with Gasteiger partial charge in [-0.2, -0.15) is 4.98 Å². The Morgan fingerprint density at radius 3 is 2.39 bits per heavy atom. The molecule has 152 valence electrons. The van der Waals surface area contributed by atoms with Crippen molar-refractivity contribution < 1.29 is 4.21 Å². The molecule has 0 unspecified atom stereocenters. The minimum absolute atomic E-state index is 0.669. The lowest BCUT2D eigenvalue weighted by molar-refractivity contribution is 0.580. The van der Waals surface area contributed by atoms with E-state index in [-0.39, 0.29) is 0 Å². The first-order valence-corrected chi connectivity index (χ1v) is 11.5. The molecule has 2 aliphatic heterocycles. The zero-order valence-electron chi connectivity index (χ0n) is 16.6. The summed E-state index contributed by atoms with van der Waals surface area (Å²) in [5, 5.41) is 3.38. The molecule has 2 saturated heterocycles. The molecular weight excluding hydrogens is 376 g/mol. The third kappa shape index (κ3) is 3.75. The van der Waals surface area contributed by atoms with Crippen LogP contribution in [-0.2, 0) is 10.8 Å². The number of piperazine rings is 1. The van der Waals surface area contributed by atoms with Gasteiger partial charge in [0.1, 0.15) is 17.4 Å². The number of nitrogens with one attached hydrogen (secondary N) is 1. The molecule has 0 bridgehead atoms. The van der Waals surface area contributed by atoms with E-state index in [1.807, 2.05) is 0 Å². The van der Waals surface area contributed by atoms with Crippen LogP contribution in [0.25, 0.3) is 11.0 Å². The van der Waals surface area contributed by atoms with E-state index in [0.717, 1.165) is 81.0 Å². The predicted octanol–water partition coefficient (Wildman–Crippen LogP) is 0.244. The topological polar surface area (TPSA) is 90.4 Å². The Bertz CT molecular complexity index is 843. The maximum absolute atomic E-state index is 11.8. The lowest BCUT2D eigenvalue weighted by Crippen LogP contribution is -2.44. The van der Waals surface area contributed by atoms with Crippen LogP contribution in [0.4, 0.5) is 17.6 Å². The largest absolute Gasteiger partial charge is 0.355 e. The van der Waals surface area contributed by atoms with Crippen molar-refractivity contribution in [3.05, 3.63) is 6.33 Å². The zero-order chi connectivity index (χ0) is 19.5. The van der Waals surface area contributed by atoms with Crippen molar-refractivity contribution in [1.82, 2.24) is 25.3 Å². The molecule has 0 amide bonds. The fourth-order valence-corrected chi connectivity index (χ4v) is 4.79. The third-order valence-electron chi connectivity index (χ3n) is 5.37. The number of hydrogen-bond donors (Lipinski definition) is 1. The van der Waals surface area contributed by atoms with Crippen LogP contribution < -0.4 is 20.0 Å². The molecule has 0 spiro atoms. The molecule has 4 heterocycles. The summed E-state index contributed by atoms with van der Waals surface area (Å²) < 4.78 is 11.8. The highest BCUT2D eigenvalue weighted by molar-refractivity contribution is 7.85. The predicted molar refractivity (Wildman–Crippen MR) is 114 cm³/mol. The zero-order valence-corrected chi connectivity index (χ0v) is 17.4. The molecule has 0 saturated carbocycles. The Morgan fingerprint density at radius 2 is 1.71 bits per heavy atom. The molecule has 2 aromatic rings. The summed E-state index contributed by atoms with van der Waals surface area (Å²) >= 11 is 0. The SMILES string of the molecule is CCN(CC)c1ncnc2c(N3CCS(=O)CC3)nc(N3CCNCC3)nc12. The van der Waals surface area contributed by atoms with Gasteiger partial charge in [-0.3, -0.25) is 4.21 Å². The Kier molecular flexibility index (Phi) is 5.86. The van der Waals surface area contributed by atoms with Crippen molar-refractivity contribution in [3.63, 3.8) is 0 Å². The van der Waals surface area contributed by atoms with E-state index in [2.05, 4.69) is 43.8 Å². The van der Waals surface area contributed by atoms with Crippen LogP contribution in [0.5, 0.6) is 0 Å². The van der Waals surface area contributed by atoms with Crippen molar-refractivity contribution >= 4 is 39.4 Å². The summed E-state index contributed by atoms with van der Waals surface area (Å²) in [5.41, 5.74) is 1.58. The van der Waals surface area contributed by atoms with Crippen LogP contribution in [0.2, 0.25) is 0 Å². The Balaban J connectivity index is 1.85. The van der Waals surface area contributed by atoms with Crippen molar-refractivity contribution in [3.8, 4) is 0 Å². The maximum Gasteiger partial charge on any atom is 0.228 e. The van der Waals surface area contributed by atoms with Gasteiger partial charge in [0, 0.05) is 74.7 Å². The highest BCUT2D eigenvalue weighted by Crippen LogP contribution is 2.30. The van der Waals surface area contributed by atoms with Crippen molar-refractivity contribution in [2.45, 2.75) is 13.8 Å². The standard InChI is InChI=1S/C18H28N8OS/c1-3-24(4-2)16-15-14(20-13-21-16)17(25-9-11-28(27)12-10-25)23-18(22-15)26-7-5-19-6-8-26/h13,19H,3-12H2,1-2H3. The van der Waals surface area contributed by atoms with Crippen LogP contribution in [-0.4, -0.2) is 88.0 Å². The molecule has 2 aliphatic rings. The number of hydrogen-bond acceptors (Lipinski definition) is 9. The van der Waals surface area contributed by atoms with E-state index in [9.17, 15) is 4.21 Å². The fraction of sp³-hybridized carbons (Fsp3) is 0.667. The van der Waals surface area contributed by atoms with Gasteiger partial charge in [0.25, 0.3) is 0 Å². The number of aromatic nitrogens is 4. The average molecular weight is 405 g/mol. The number of anilines is 3. The molecule has 28 heavy (non-hydrogen) atoms. The number of fused-ring (bicyclic) bond motifs is 1. The minimum Gasteiger partial charge on any atom is -0.355 e. The number of nitrogens with zero attached hydrogens (tertiary/aromatic N) is 7. The number of rotatable bonds is 5. The van der Waals surface area contributed by atoms with Gasteiger partial charge in [0.15, 0.2) is 11.6 Å². The molecule has 9 nitrogen and oxygen atoms in total. The Labute approximate surface area is 168 Å². The summed E-state index contributed by atoms with van der Waals surface area (Å²) in [6.07, 6.45) is 1.61. The quantitative estimate of drug-likeness (QED) is 0.753. The third-order valence-corrected chi connectivity index (χ3v) is 6.65. The van der Waals surface area contributed by atoms with Gasteiger partial charge in [-0.05, 0) is 13.8 Å². The Morgan fingerprint density at radius 1 is 1.00 bits per heavy atom. The summed E-state index contributed by atoms with van der Waals surface area (Å²) in [4.78, 5) is 25.6. The van der Waals surface area contributed by atoms with Gasteiger partial charge in [-0.1, -0.05) is 0 Å². The van der Waals surface area contributed by atoms with Gasteiger partial charge < -0.3 is 20.0 Å². The van der Waals surface area contributed by atoms with Crippen LogP contribution in [0.3, 0.4) is 0 Å². The lowest BCUT2D eigenvalue weighted by atomic mass is 10.3. The summed E-state index contributed by atoms with van der Waals surface area (Å²) in [5.74, 6) is 3.77. The second-order valence-corrected chi connectivity index (χ2v) is 8.68. The first kappa shape index (κ1) is 19.3. The van der Waals surface area contributed by atoms with Gasteiger partial charge in [-0.25, -0.2) is 15.0 Å². The second-order valence-electron chi connectivity index (χ2n) is 6.99. The van der Waals surface area contributed by atoms with Crippen molar-refractivity contribution in [1.29, 1.82) is 0 Å². The average Bonchev–Trinajstić information content (AvgIpc) is 2.75. The van der Waals surface area contributed by atoms with Gasteiger partial charge in [0.05, 0.1) is 0 Å². The van der Waals surface area contributed by atoms with Crippen molar-refractivity contribution in [2.24, 2.45) is 0 Å². The van der Waals surface area contributed by atoms with E-state index in [0.29, 0.717) is 11.5 Å². The molecule has 1 N–H and O–H groups in total. The first-order chi connectivity index (χ1) is 13.7. The van der Waals surface area contributed by atoms with Crippen molar-refractivity contribution in [2.75, 3.05) is 78.6 Å². The molecule has 2 aromatic heterocycles.